The monoisotopic (exact) mass is 259 g/mol. The molecule has 1 rings (SSSR count). The number of piperidine rings is 1. The van der Waals surface area contributed by atoms with Crippen LogP contribution in [0.25, 0.3) is 0 Å². The van der Waals surface area contributed by atoms with E-state index in [-0.39, 0.29) is 30.5 Å². The van der Waals surface area contributed by atoms with Crippen molar-refractivity contribution in [2.24, 2.45) is 11.8 Å². The summed E-state index contributed by atoms with van der Waals surface area (Å²) in [5, 5.41) is 19.1. The van der Waals surface area contributed by atoms with E-state index >= 15 is 0 Å². The van der Waals surface area contributed by atoms with Gasteiger partial charge < -0.3 is 14.9 Å². The van der Waals surface area contributed by atoms with Gasteiger partial charge in [0.25, 0.3) is 0 Å². The summed E-state index contributed by atoms with van der Waals surface area (Å²) in [6, 6.07) is -0.297. The predicted octanol–water partition coefficient (Wildman–Crippen LogP) is 0.249. The highest BCUT2D eigenvalue weighted by Crippen LogP contribution is 2.24. The van der Waals surface area contributed by atoms with Gasteiger partial charge in [-0.3, -0.25) is 9.69 Å². The molecule has 0 aromatic carbocycles. The van der Waals surface area contributed by atoms with Crippen LogP contribution in [0.2, 0.25) is 0 Å². The summed E-state index contributed by atoms with van der Waals surface area (Å²) in [7, 11) is 1.40. The predicted molar refractivity (Wildman–Crippen MR) is 68.0 cm³/mol. The van der Waals surface area contributed by atoms with Gasteiger partial charge in [0.05, 0.1) is 13.2 Å². The number of hydrogen-bond acceptors (Lipinski definition) is 5. The summed E-state index contributed by atoms with van der Waals surface area (Å²) in [5.41, 5.74) is 0. The molecule has 0 saturated carbocycles. The molecule has 106 valence electrons. The standard InChI is InChI=1S/C13H25NO4/c1-4-9(2)12(13(17)18-3)14-6-5-10(8-15)11(16)7-14/h9-12,15-16H,4-8H2,1-3H3. The summed E-state index contributed by atoms with van der Waals surface area (Å²) < 4.78 is 4.87. The Balaban J connectivity index is 2.72. The first-order valence-corrected chi connectivity index (χ1v) is 6.65. The number of hydrogen-bond donors (Lipinski definition) is 2. The number of aliphatic hydroxyl groups is 2. The van der Waals surface area contributed by atoms with Gasteiger partial charge in [-0.25, -0.2) is 0 Å². The molecule has 4 atom stereocenters. The van der Waals surface area contributed by atoms with Crippen molar-refractivity contribution >= 4 is 5.97 Å². The zero-order valence-electron chi connectivity index (χ0n) is 11.5. The third kappa shape index (κ3) is 3.43. The normalized spacial score (nSPS) is 28.7. The molecule has 5 nitrogen and oxygen atoms in total. The number of carbonyl (C=O) groups excluding carboxylic acids is 1. The molecule has 5 heteroatoms. The van der Waals surface area contributed by atoms with Crippen LogP contribution in [0, 0.1) is 11.8 Å². The fraction of sp³-hybridized carbons (Fsp3) is 0.923. The second-order valence-electron chi connectivity index (χ2n) is 5.15. The molecule has 18 heavy (non-hydrogen) atoms. The van der Waals surface area contributed by atoms with Crippen LogP contribution in [0.1, 0.15) is 26.7 Å². The fourth-order valence-electron chi connectivity index (χ4n) is 2.56. The first-order chi connectivity index (χ1) is 8.54. The first-order valence-electron chi connectivity index (χ1n) is 6.65. The number of carbonyl (C=O) groups is 1. The number of ether oxygens (including phenoxy) is 1. The maximum Gasteiger partial charge on any atom is 0.323 e. The van der Waals surface area contributed by atoms with Crippen molar-refractivity contribution < 1.29 is 19.7 Å². The molecule has 4 unspecified atom stereocenters. The lowest BCUT2D eigenvalue weighted by atomic mass is 9.90. The van der Waals surface area contributed by atoms with E-state index in [1.807, 2.05) is 18.7 Å². The van der Waals surface area contributed by atoms with Gasteiger partial charge in [0.2, 0.25) is 0 Å². The molecule has 0 amide bonds. The van der Waals surface area contributed by atoms with E-state index in [9.17, 15) is 9.90 Å². The molecule has 1 saturated heterocycles. The van der Waals surface area contributed by atoms with E-state index in [1.165, 1.54) is 7.11 Å². The summed E-state index contributed by atoms with van der Waals surface area (Å²) in [6.07, 6.45) is 1.03. The van der Waals surface area contributed by atoms with E-state index < -0.39 is 6.10 Å². The van der Waals surface area contributed by atoms with Gasteiger partial charge in [-0.05, 0) is 18.9 Å². The van der Waals surface area contributed by atoms with Crippen LogP contribution in [0.15, 0.2) is 0 Å². The van der Waals surface area contributed by atoms with Gasteiger partial charge in [-0.1, -0.05) is 20.3 Å². The molecule has 0 radical (unpaired) electrons. The van der Waals surface area contributed by atoms with Crippen LogP contribution >= 0.6 is 0 Å². The van der Waals surface area contributed by atoms with Crippen molar-refractivity contribution in [3.05, 3.63) is 0 Å². The molecule has 1 aliphatic heterocycles. The topological polar surface area (TPSA) is 70.0 Å². The Labute approximate surface area is 109 Å². The van der Waals surface area contributed by atoms with Gasteiger partial charge in [0.15, 0.2) is 0 Å². The quantitative estimate of drug-likeness (QED) is 0.693. The lowest BCUT2D eigenvalue weighted by Crippen LogP contribution is -2.54. The maximum atomic E-state index is 11.9. The van der Waals surface area contributed by atoms with Crippen LogP contribution in [0.5, 0.6) is 0 Å². The molecule has 0 spiro atoms. The van der Waals surface area contributed by atoms with Crippen LogP contribution in [0.4, 0.5) is 0 Å². The SMILES string of the molecule is CCC(C)C(C(=O)OC)N1CCC(CO)C(O)C1. The molecule has 1 heterocycles. The van der Waals surface area contributed by atoms with Gasteiger partial charge >= 0.3 is 5.97 Å². The smallest absolute Gasteiger partial charge is 0.323 e. The van der Waals surface area contributed by atoms with Crippen molar-refractivity contribution in [1.29, 1.82) is 0 Å². The molecule has 1 aliphatic rings. The van der Waals surface area contributed by atoms with Gasteiger partial charge in [-0.15, -0.1) is 0 Å². The Hall–Kier alpha value is -0.650. The Bertz CT molecular complexity index is 272. The number of rotatable bonds is 5. The minimum absolute atomic E-state index is 0.00122. The van der Waals surface area contributed by atoms with Crippen molar-refractivity contribution in [3.8, 4) is 0 Å². The lowest BCUT2D eigenvalue weighted by Gasteiger charge is -2.40. The summed E-state index contributed by atoms with van der Waals surface area (Å²) in [5.74, 6) is -0.120. The van der Waals surface area contributed by atoms with Crippen molar-refractivity contribution in [1.82, 2.24) is 4.90 Å². The van der Waals surface area contributed by atoms with E-state index in [0.717, 1.165) is 6.42 Å². The Morgan fingerprint density at radius 3 is 2.67 bits per heavy atom. The zero-order valence-corrected chi connectivity index (χ0v) is 11.5. The molecule has 1 fully saturated rings. The van der Waals surface area contributed by atoms with Crippen LogP contribution < -0.4 is 0 Å². The van der Waals surface area contributed by atoms with Gasteiger partial charge in [0.1, 0.15) is 6.04 Å². The molecule has 0 bridgehead atoms. The number of esters is 1. The second-order valence-corrected chi connectivity index (χ2v) is 5.15. The number of β-amino-alcohol motifs (C(OH)–C–C–N with tert-alkyl or cyclic N) is 1. The minimum Gasteiger partial charge on any atom is -0.468 e. The fourth-order valence-corrected chi connectivity index (χ4v) is 2.56. The average molecular weight is 259 g/mol. The highest BCUT2D eigenvalue weighted by molar-refractivity contribution is 5.76. The Kier molecular flexibility index (Phi) is 6.05. The molecule has 0 aromatic heterocycles. The maximum absolute atomic E-state index is 11.9. The van der Waals surface area contributed by atoms with Crippen molar-refractivity contribution in [2.45, 2.75) is 38.8 Å². The van der Waals surface area contributed by atoms with Crippen molar-refractivity contribution in [3.63, 3.8) is 0 Å². The Morgan fingerprint density at radius 2 is 2.22 bits per heavy atom. The minimum atomic E-state index is -0.569. The Morgan fingerprint density at radius 1 is 1.56 bits per heavy atom. The van der Waals surface area contributed by atoms with Gasteiger partial charge in [0, 0.05) is 19.1 Å². The summed E-state index contributed by atoms with van der Waals surface area (Å²) >= 11 is 0. The number of nitrogens with zero attached hydrogens (tertiary/aromatic N) is 1. The first kappa shape index (κ1) is 15.4. The molecule has 0 aromatic rings. The highest BCUT2D eigenvalue weighted by Gasteiger charge is 2.36. The van der Waals surface area contributed by atoms with Crippen LogP contribution in [-0.2, 0) is 9.53 Å². The van der Waals surface area contributed by atoms with E-state index in [2.05, 4.69) is 0 Å². The molecule has 0 aliphatic carbocycles. The third-order valence-corrected chi connectivity index (χ3v) is 4.01. The number of aliphatic hydroxyl groups excluding tert-OH is 2. The van der Waals surface area contributed by atoms with Crippen LogP contribution in [0.3, 0.4) is 0 Å². The van der Waals surface area contributed by atoms with Crippen LogP contribution in [-0.4, -0.2) is 60.0 Å². The lowest BCUT2D eigenvalue weighted by molar-refractivity contribution is -0.151. The number of methoxy groups -OCH3 is 1. The molecular weight excluding hydrogens is 234 g/mol. The summed E-state index contributed by atoms with van der Waals surface area (Å²) in [4.78, 5) is 13.9. The largest absolute Gasteiger partial charge is 0.468 e. The molecular formula is C13H25NO4. The van der Waals surface area contributed by atoms with Gasteiger partial charge in [-0.2, -0.15) is 0 Å². The number of likely N-dealkylation sites (tertiary alicyclic amines) is 1. The summed E-state index contributed by atoms with van der Waals surface area (Å²) in [6.45, 7) is 5.20. The van der Waals surface area contributed by atoms with Crippen molar-refractivity contribution in [2.75, 3.05) is 26.8 Å². The van der Waals surface area contributed by atoms with E-state index in [1.54, 1.807) is 0 Å². The molecule has 2 N–H and O–H groups in total. The zero-order chi connectivity index (χ0) is 13.7. The average Bonchev–Trinajstić information content (AvgIpc) is 2.38. The highest BCUT2D eigenvalue weighted by atomic mass is 16.5. The third-order valence-electron chi connectivity index (χ3n) is 4.01. The van der Waals surface area contributed by atoms with E-state index in [0.29, 0.717) is 19.5 Å². The second kappa shape index (κ2) is 7.07. The van der Waals surface area contributed by atoms with E-state index in [4.69, 9.17) is 9.84 Å².